The molecule has 0 fully saturated rings. The van der Waals surface area contributed by atoms with Gasteiger partial charge in [-0.15, -0.1) is 0 Å². The predicted octanol–water partition coefficient (Wildman–Crippen LogP) is 3.86. The molecule has 0 heterocycles. The Morgan fingerprint density at radius 3 is 2.52 bits per heavy atom. The number of ether oxygens (including phenoxy) is 1. The summed E-state index contributed by atoms with van der Waals surface area (Å²) in [4.78, 5) is 24.4. The lowest BCUT2D eigenvalue weighted by atomic mass is 9.91. The molecule has 0 radical (unpaired) electrons. The van der Waals surface area contributed by atoms with E-state index in [0.717, 1.165) is 5.56 Å². The number of hydrogen-bond acceptors (Lipinski definition) is 4. The fraction of sp³-hybridized carbons (Fsp3) is 0.250. The highest BCUT2D eigenvalue weighted by atomic mass is 35.5. The first kappa shape index (κ1) is 20.6. The molecule has 7 heteroatoms. The molecular formula is C20H20ClFN2O3. The predicted molar refractivity (Wildman–Crippen MR) is 102 cm³/mol. The Hall–Kier alpha value is -2.73. The van der Waals surface area contributed by atoms with Gasteiger partial charge in [0.2, 0.25) is 5.91 Å². The normalized spacial score (nSPS) is 12.4. The second-order valence-electron chi connectivity index (χ2n) is 5.77. The molecule has 0 saturated heterocycles. The van der Waals surface area contributed by atoms with Gasteiger partial charge in [-0.05, 0) is 38.0 Å². The quantitative estimate of drug-likeness (QED) is 0.443. The van der Waals surface area contributed by atoms with Crippen LogP contribution in [0.4, 0.5) is 4.39 Å². The number of rotatable bonds is 7. The number of hydrazone groups is 1. The first-order valence-electron chi connectivity index (χ1n) is 8.43. The molecule has 1 amide bonds. The van der Waals surface area contributed by atoms with Crippen molar-refractivity contribution in [2.24, 2.45) is 5.10 Å². The van der Waals surface area contributed by atoms with Crippen LogP contribution in [0.3, 0.4) is 0 Å². The van der Waals surface area contributed by atoms with E-state index in [1.807, 2.05) is 30.3 Å². The Morgan fingerprint density at radius 1 is 1.19 bits per heavy atom. The van der Waals surface area contributed by atoms with E-state index < -0.39 is 23.6 Å². The molecule has 5 nitrogen and oxygen atoms in total. The molecule has 0 aliphatic carbocycles. The smallest absolute Gasteiger partial charge is 0.354 e. The van der Waals surface area contributed by atoms with Crippen LogP contribution in [0, 0.1) is 5.82 Å². The van der Waals surface area contributed by atoms with Crippen molar-refractivity contribution >= 4 is 29.2 Å². The van der Waals surface area contributed by atoms with Crippen LogP contribution in [0.25, 0.3) is 0 Å². The van der Waals surface area contributed by atoms with Crippen molar-refractivity contribution in [3.8, 4) is 0 Å². The number of benzene rings is 2. The van der Waals surface area contributed by atoms with E-state index in [4.69, 9.17) is 16.3 Å². The van der Waals surface area contributed by atoms with Gasteiger partial charge in [-0.2, -0.15) is 5.10 Å². The highest BCUT2D eigenvalue weighted by Crippen LogP contribution is 2.30. The molecule has 1 unspecified atom stereocenters. The van der Waals surface area contributed by atoms with Gasteiger partial charge in [0.05, 0.1) is 12.5 Å². The van der Waals surface area contributed by atoms with Gasteiger partial charge < -0.3 is 4.74 Å². The minimum Gasteiger partial charge on any atom is -0.461 e. The molecule has 0 aliphatic rings. The van der Waals surface area contributed by atoms with Gasteiger partial charge in [0, 0.05) is 10.6 Å². The Kier molecular flexibility index (Phi) is 7.49. The van der Waals surface area contributed by atoms with Crippen LogP contribution >= 0.6 is 11.6 Å². The maximum absolute atomic E-state index is 14.4. The van der Waals surface area contributed by atoms with Gasteiger partial charge in [0.15, 0.2) is 0 Å². The Labute approximate surface area is 162 Å². The van der Waals surface area contributed by atoms with Crippen LogP contribution in [0.2, 0.25) is 5.02 Å². The molecule has 1 N–H and O–H groups in total. The first-order chi connectivity index (χ1) is 12.9. The summed E-state index contributed by atoms with van der Waals surface area (Å²) >= 11 is 6.16. The summed E-state index contributed by atoms with van der Waals surface area (Å²) in [6, 6.07) is 13.4. The van der Waals surface area contributed by atoms with Gasteiger partial charge in [0.1, 0.15) is 11.5 Å². The highest BCUT2D eigenvalue weighted by Gasteiger charge is 2.26. The molecule has 2 aromatic carbocycles. The van der Waals surface area contributed by atoms with E-state index in [-0.39, 0.29) is 29.3 Å². The summed E-state index contributed by atoms with van der Waals surface area (Å²) in [5.41, 5.74) is 3.23. The van der Waals surface area contributed by atoms with Crippen LogP contribution < -0.4 is 5.43 Å². The molecular weight excluding hydrogens is 371 g/mol. The number of halogens is 2. The van der Waals surface area contributed by atoms with Crippen molar-refractivity contribution in [2.75, 3.05) is 6.61 Å². The summed E-state index contributed by atoms with van der Waals surface area (Å²) in [6.45, 7) is 3.28. The second kappa shape index (κ2) is 9.83. The van der Waals surface area contributed by atoms with E-state index in [1.165, 1.54) is 25.1 Å². The molecule has 27 heavy (non-hydrogen) atoms. The molecule has 1 atom stereocenters. The Morgan fingerprint density at radius 2 is 1.89 bits per heavy atom. The summed E-state index contributed by atoms with van der Waals surface area (Å²) in [6.07, 6.45) is 0.224. The summed E-state index contributed by atoms with van der Waals surface area (Å²) in [7, 11) is 0. The fourth-order valence-corrected chi connectivity index (χ4v) is 2.81. The van der Waals surface area contributed by atoms with E-state index in [9.17, 15) is 14.0 Å². The zero-order chi connectivity index (χ0) is 19.8. The number of nitrogens with one attached hydrogen (secondary N) is 1. The third kappa shape index (κ3) is 5.62. The molecule has 0 spiro atoms. The monoisotopic (exact) mass is 390 g/mol. The third-order valence-corrected chi connectivity index (χ3v) is 4.18. The van der Waals surface area contributed by atoms with Crippen molar-refractivity contribution in [3.05, 3.63) is 70.5 Å². The van der Waals surface area contributed by atoms with Crippen LogP contribution in [0.15, 0.2) is 53.6 Å². The summed E-state index contributed by atoms with van der Waals surface area (Å²) < 4.78 is 19.2. The van der Waals surface area contributed by atoms with Crippen molar-refractivity contribution in [1.82, 2.24) is 5.43 Å². The van der Waals surface area contributed by atoms with Gasteiger partial charge >= 0.3 is 5.97 Å². The fourth-order valence-electron chi connectivity index (χ4n) is 2.52. The van der Waals surface area contributed by atoms with Crippen LogP contribution in [-0.4, -0.2) is 24.2 Å². The van der Waals surface area contributed by atoms with Gasteiger partial charge in [0.25, 0.3) is 0 Å². The average Bonchev–Trinajstić information content (AvgIpc) is 2.65. The third-order valence-electron chi connectivity index (χ3n) is 3.85. The first-order valence-corrected chi connectivity index (χ1v) is 8.81. The van der Waals surface area contributed by atoms with Crippen LogP contribution in [0.1, 0.15) is 30.9 Å². The number of esters is 1. The molecule has 2 rings (SSSR count). The van der Waals surface area contributed by atoms with E-state index in [2.05, 4.69) is 10.5 Å². The van der Waals surface area contributed by atoms with Crippen molar-refractivity contribution < 1.29 is 18.7 Å². The Balaban J connectivity index is 2.30. The van der Waals surface area contributed by atoms with Gasteiger partial charge in [-0.3, -0.25) is 4.79 Å². The van der Waals surface area contributed by atoms with Crippen LogP contribution in [0.5, 0.6) is 0 Å². The minimum absolute atomic E-state index is 0.0108. The molecule has 0 saturated carbocycles. The zero-order valence-electron chi connectivity index (χ0n) is 15.0. The largest absolute Gasteiger partial charge is 0.461 e. The van der Waals surface area contributed by atoms with E-state index in [1.54, 1.807) is 6.92 Å². The number of hydrogen-bond donors (Lipinski definition) is 1. The summed E-state index contributed by atoms with van der Waals surface area (Å²) in [5, 5.41) is 3.92. The van der Waals surface area contributed by atoms with Gasteiger partial charge in [-0.25, -0.2) is 14.6 Å². The number of carbonyl (C=O) groups is 2. The van der Waals surface area contributed by atoms with E-state index in [0.29, 0.717) is 0 Å². The number of nitrogens with zero attached hydrogens (tertiary/aromatic N) is 1. The van der Waals surface area contributed by atoms with Crippen molar-refractivity contribution in [3.63, 3.8) is 0 Å². The SMILES string of the molecule is CCOC(=O)C(C)=NNC(=O)C(Cc1ccccc1)c1c(F)cccc1Cl. The average molecular weight is 391 g/mol. The van der Waals surface area contributed by atoms with E-state index >= 15 is 0 Å². The standard InChI is InChI=1S/C20H20ClFN2O3/c1-3-27-20(26)13(2)23-24-19(25)15(12-14-8-5-4-6-9-14)18-16(21)10-7-11-17(18)22/h4-11,15H,3,12H2,1-2H3,(H,24,25). The second-order valence-corrected chi connectivity index (χ2v) is 6.18. The maximum atomic E-state index is 14.4. The van der Waals surface area contributed by atoms with Crippen molar-refractivity contribution in [1.29, 1.82) is 0 Å². The molecule has 0 bridgehead atoms. The van der Waals surface area contributed by atoms with Gasteiger partial charge in [-0.1, -0.05) is 48.0 Å². The number of amides is 1. The van der Waals surface area contributed by atoms with Crippen molar-refractivity contribution in [2.45, 2.75) is 26.2 Å². The minimum atomic E-state index is -0.917. The highest BCUT2D eigenvalue weighted by molar-refractivity contribution is 6.35. The summed E-state index contributed by atoms with van der Waals surface area (Å²) in [5.74, 6) is -2.71. The lowest BCUT2D eigenvalue weighted by Gasteiger charge is -2.18. The number of carbonyl (C=O) groups excluding carboxylic acids is 2. The molecule has 0 aromatic heterocycles. The lowest BCUT2D eigenvalue weighted by Crippen LogP contribution is -2.30. The maximum Gasteiger partial charge on any atom is 0.354 e. The molecule has 0 aliphatic heterocycles. The van der Waals surface area contributed by atoms with Crippen LogP contribution in [-0.2, 0) is 20.7 Å². The Bertz CT molecular complexity index is 820. The topological polar surface area (TPSA) is 67.8 Å². The zero-order valence-corrected chi connectivity index (χ0v) is 15.8. The molecule has 142 valence electrons. The lowest BCUT2D eigenvalue weighted by molar-refractivity contribution is -0.135. The molecule has 2 aromatic rings.